The predicted molar refractivity (Wildman–Crippen MR) is 130 cm³/mol. The number of hydrogen-bond acceptors (Lipinski definition) is 3. The van der Waals surface area contributed by atoms with Gasteiger partial charge >= 0.3 is 5.97 Å². The number of carbonyl (C=O) groups is 1. The van der Waals surface area contributed by atoms with Crippen LogP contribution in [0, 0.1) is 0 Å². The Morgan fingerprint density at radius 1 is 0.533 bits per heavy atom. The Labute approximate surface area is 188 Å². The van der Waals surface area contributed by atoms with E-state index in [0.717, 1.165) is 19.3 Å². The van der Waals surface area contributed by atoms with E-state index in [1.807, 2.05) is 0 Å². The molecule has 0 aromatic carbocycles. The highest BCUT2D eigenvalue weighted by Crippen LogP contribution is 2.13. The summed E-state index contributed by atoms with van der Waals surface area (Å²) in [5.74, 6) is 0.00862. The summed E-state index contributed by atoms with van der Waals surface area (Å²) in [6.45, 7) is 3.22. The summed E-state index contributed by atoms with van der Waals surface area (Å²) in [7, 11) is 0. The van der Waals surface area contributed by atoms with E-state index in [2.05, 4.69) is 6.92 Å². The first-order valence-corrected chi connectivity index (χ1v) is 13.6. The minimum Gasteiger partial charge on any atom is -0.466 e. The van der Waals surface area contributed by atoms with Crippen LogP contribution in [0.5, 0.6) is 0 Å². The number of aliphatic hydroxyl groups excluding tert-OH is 1. The zero-order valence-corrected chi connectivity index (χ0v) is 20.4. The van der Waals surface area contributed by atoms with E-state index < -0.39 is 0 Å². The van der Waals surface area contributed by atoms with Crippen LogP contribution in [0.1, 0.15) is 155 Å². The molecule has 0 radical (unpaired) electrons. The van der Waals surface area contributed by atoms with Crippen molar-refractivity contribution in [1.82, 2.24) is 0 Å². The van der Waals surface area contributed by atoms with Crippen molar-refractivity contribution in [1.29, 1.82) is 0 Å². The van der Waals surface area contributed by atoms with Gasteiger partial charge in [-0.15, -0.1) is 0 Å². The van der Waals surface area contributed by atoms with Gasteiger partial charge in [-0.05, 0) is 19.3 Å². The van der Waals surface area contributed by atoms with E-state index in [9.17, 15) is 4.79 Å². The molecule has 0 spiro atoms. The summed E-state index contributed by atoms with van der Waals surface area (Å²) in [5, 5.41) is 8.74. The molecule has 30 heavy (non-hydrogen) atoms. The zero-order chi connectivity index (χ0) is 22.0. The third-order valence-electron chi connectivity index (χ3n) is 6.05. The number of carbonyl (C=O) groups excluding carboxylic acids is 1. The highest BCUT2D eigenvalue weighted by atomic mass is 16.5. The lowest BCUT2D eigenvalue weighted by Crippen LogP contribution is -2.05. The minimum absolute atomic E-state index is 0.00862. The van der Waals surface area contributed by atoms with Gasteiger partial charge in [-0.1, -0.05) is 129 Å². The van der Waals surface area contributed by atoms with Gasteiger partial charge in [0, 0.05) is 13.0 Å². The number of esters is 1. The number of ether oxygens (including phenoxy) is 1. The van der Waals surface area contributed by atoms with Crippen molar-refractivity contribution in [3.63, 3.8) is 0 Å². The van der Waals surface area contributed by atoms with Crippen molar-refractivity contribution in [3.8, 4) is 0 Å². The van der Waals surface area contributed by atoms with E-state index in [4.69, 9.17) is 9.84 Å². The zero-order valence-electron chi connectivity index (χ0n) is 20.4. The maximum atomic E-state index is 11.8. The van der Waals surface area contributed by atoms with Crippen molar-refractivity contribution >= 4 is 5.97 Å². The molecule has 3 nitrogen and oxygen atoms in total. The van der Waals surface area contributed by atoms with Crippen LogP contribution in [0.25, 0.3) is 0 Å². The number of unbranched alkanes of at least 4 members (excludes halogenated alkanes) is 20. The Balaban J connectivity index is 3.12. The lowest BCUT2D eigenvalue weighted by atomic mass is 10.0. The van der Waals surface area contributed by atoms with Crippen molar-refractivity contribution in [2.75, 3.05) is 13.2 Å². The summed E-state index contributed by atoms with van der Waals surface area (Å²) in [4.78, 5) is 11.8. The fourth-order valence-corrected chi connectivity index (χ4v) is 4.00. The molecule has 3 heteroatoms. The average Bonchev–Trinajstić information content (AvgIpc) is 2.75. The second-order valence-electron chi connectivity index (χ2n) is 9.12. The van der Waals surface area contributed by atoms with E-state index in [1.54, 1.807) is 0 Å². The molecule has 0 aliphatic heterocycles. The molecule has 0 saturated carbocycles. The van der Waals surface area contributed by atoms with E-state index in [1.165, 1.54) is 122 Å². The highest BCUT2D eigenvalue weighted by molar-refractivity contribution is 5.69. The van der Waals surface area contributed by atoms with Crippen LogP contribution in [0.15, 0.2) is 0 Å². The molecule has 0 aromatic rings. The molecule has 0 bridgehead atoms. The Morgan fingerprint density at radius 3 is 1.33 bits per heavy atom. The van der Waals surface area contributed by atoms with E-state index in [-0.39, 0.29) is 5.97 Å². The fourth-order valence-electron chi connectivity index (χ4n) is 4.00. The Morgan fingerprint density at radius 2 is 0.900 bits per heavy atom. The molecule has 0 saturated heterocycles. The standard InChI is InChI=1S/C27H54O3/c1-2-3-4-5-6-12-15-18-21-24-27(29)30-26-23-20-17-14-11-9-7-8-10-13-16-19-22-25-28/h28H,2-26H2,1H3. The summed E-state index contributed by atoms with van der Waals surface area (Å²) >= 11 is 0. The van der Waals surface area contributed by atoms with Gasteiger partial charge in [0.1, 0.15) is 0 Å². The van der Waals surface area contributed by atoms with Crippen molar-refractivity contribution in [2.24, 2.45) is 0 Å². The smallest absolute Gasteiger partial charge is 0.305 e. The highest BCUT2D eigenvalue weighted by Gasteiger charge is 2.02. The van der Waals surface area contributed by atoms with Gasteiger partial charge in [0.25, 0.3) is 0 Å². The molecule has 0 unspecified atom stereocenters. The van der Waals surface area contributed by atoms with Crippen LogP contribution in [0.4, 0.5) is 0 Å². The Hall–Kier alpha value is -0.570. The van der Waals surface area contributed by atoms with Gasteiger partial charge in [0.15, 0.2) is 0 Å². The lowest BCUT2D eigenvalue weighted by molar-refractivity contribution is -0.143. The monoisotopic (exact) mass is 426 g/mol. The molecule has 180 valence electrons. The molecule has 0 aliphatic rings. The van der Waals surface area contributed by atoms with E-state index in [0.29, 0.717) is 19.6 Å². The largest absolute Gasteiger partial charge is 0.466 e. The van der Waals surface area contributed by atoms with E-state index >= 15 is 0 Å². The molecule has 0 aromatic heterocycles. The Bertz CT molecular complexity index is 330. The average molecular weight is 427 g/mol. The second kappa shape index (κ2) is 26.5. The van der Waals surface area contributed by atoms with Gasteiger partial charge in [-0.3, -0.25) is 4.79 Å². The van der Waals surface area contributed by atoms with Crippen molar-refractivity contribution in [2.45, 2.75) is 155 Å². The quantitative estimate of drug-likeness (QED) is 0.117. The SMILES string of the molecule is CCCCCCCCCCCC(=O)OCCCCCCCCCCCCCCCO. The number of hydrogen-bond donors (Lipinski definition) is 1. The predicted octanol–water partition coefficient (Wildman–Crippen LogP) is 8.51. The first kappa shape index (κ1) is 29.4. The topological polar surface area (TPSA) is 46.5 Å². The van der Waals surface area contributed by atoms with Gasteiger partial charge in [-0.25, -0.2) is 0 Å². The van der Waals surface area contributed by atoms with Crippen LogP contribution < -0.4 is 0 Å². The first-order valence-electron chi connectivity index (χ1n) is 13.6. The normalized spacial score (nSPS) is 11.1. The van der Waals surface area contributed by atoms with Crippen molar-refractivity contribution in [3.05, 3.63) is 0 Å². The van der Waals surface area contributed by atoms with Crippen molar-refractivity contribution < 1.29 is 14.6 Å². The molecular weight excluding hydrogens is 372 g/mol. The van der Waals surface area contributed by atoms with Crippen LogP contribution in [0.3, 0.4) is 0 Å². The molecule has 0 atom stereocenters. The second-order valence-corrected chi connectivity index (χ2v) is 9.12. The van der Waals surface area contributed by atoms with Crippen LogP contribution in [-0.4, -0.2) is 24.3 Å². The molecule has 0 fully saturated rings. The van der Waals surface area contributed by atoms with Gasteiger partial charge in [-0.2, -0.15) is 0 Å². The molecule has 0 amide bonds. The summed E-state index contributed by atoms with van der Waals surface area (Å²) in [6.07, 6.45) is 28.6. The van der Waals surface area contributed by atoms with Gasteiger partial charge in [0.2, 0.25) is 0 Å². The minimum atomic E-state index is 0.00862. The summed E-state index contributed by atoms with van der Waals surface area (Å²) in [5.41, 5.74) is 0. The molecular formula is C27H54O3. The third-order valence-corrected chi connectivity index (χ3v) is 6.05. The first-order chi connectivity index (χ1) is 14.8. The number of rotatable bonds is 25. The fraction of sp³-hybridized carbons (Fsp3) is 0.963. The molecule has 0 rings (SSSR count). The lowest BCUT2D eigenvalue weighted by Gasteiger charge is -2.06. The molecule has 0 aliphatic carbocycles. The molecule has 0 heterocycles. The molecule has 1 N–H and O–H groups in total. The number of aliphatic hydroxyl groups is 1. The summed E-state index contributed by atoms with van der Waals surface area (Å²) in [6, 6.07) is 0. The van der Waals surface area contributed by atoms with Gasteiger partial charge in [0.05, 0.1) is 6.61 Å². The van der Waals surface area contributed by atoms with Crippen LogP contribution >= 0.6 is 0 Å². The Kier molecular flexibility index (Phi) is 26.0. The van der Waals surface area contributed by atoms with Crippen LogP contribution in [0.2, 0.25) is 0 Å². The third kappa shape index (κ3) is 25.5. The maximum Gasteiger partial charge on any atom is 0.305 e. The summed E-state index contributed by atoms with van der Waals surface area (Å²) < 4.78 is 5.37. The maximum absolute atomic E-state index is 11.8. The van der Waals surface area contributed by atoms with Crippen LogP contribution in [-0.2, 0) is 9.53 Å². The van der Waals surface area contributed by atoms with Gasteiger partial charge < -0.3 is 9.84 Å².